The van der Waals surface area contributed by atoms with E-state index in [0.717, 1.165) is 47.5 Å². The summed E-state index contributed by atoms with van der Waals surface area (Å²) < 4.78 is 4.85. The number of fused-ring (bicyclic) bond motifs is 1. The molecule has 0 amide bonds. The van der Waals surface area contributed by atoms with Crippen LogP contribution < -0.4 is 4.90 Å². The van der Waals surface area contributed by atoms with Crippen LogP contribution in [0.3, 0.4) is 0 Å². The van der Waals surface area contributed by atoms with Gasteiger partial charge < -0.3 is 9.64 Å². The summed E-state index contributed by atoms with van der Waals surface area (Å²) in [4.78, 5) is 24.1. The molecular formula is C15H20ClN3O2S. The standard InChI is InChI=1S/C15H20ClN3O2S/c1-5-7-8-19(6-2)12-10-9(3)11(14(20)21-4)22-13(10)18-15(16)17-12/h5-8H2,1-4H3. The quantitative estimate of drug-likeness (QED) is 0.585. The minimum absolute atomic E-state index is 0.204. The van der Waals surface area contributed by atoms with Gasteiger partial charge in [-0.2, -0.15) is 4.98 Å². The number of thiophene rings is 1. The average molecular weight is 342 g/mol. The van der Waals surface area contributed by atoms with Crippen LogP contribution in [0.1, 0.15) is 41.9 Å². The van der Waals surface area contributed by atoms with Crippen LogP contribution in [0.25, 0.3) is 10.2 Å². The molecule has 0 saturated carbocycles. The van der Waals surface area contributed by atoms with Crippen LogP contribution in [0.4, 0.5) is 5.82 Å². The van der Waals surface area contributed by atoms with Crippen LogP contribution in [0, 0.1) is 6.92 Å². The number of ether oxygens (including phenoxy) is 1. The topological polar surface area (TPSA) is 55.3 Å². The third-order valence-corrected chi connectivity index (χ3v) is 4.91. The minimum atomic E-state index is -0.348. The molecule has 0 spiro atoms. The molecular weight excluding hydrogens is 322 g/mol. The van der Waals surface area contributed by atoms with Gasteiger partial charge in [-0.05, 0) is 37.4 Å². The molecule has 120 valence electrons. The Morgan fingerprint density at radius 2 is 2.09 bits per heavy atom. The molecule has 5 nitrogen and oxygen atoms in total. The van der Waals surface area contributed by atoms with Crippen molar-refractivity contribution < 1.29 is 9.53 Å². The van der Waals surface area contributed by atoms with Crippen LogP contribution in [0.5, 0.6) is 0 Å². The molecule has 0 aliphatic carbocycles. The van der Waals surface area contributed by atoms with Crippen molar-refractivity contribution in [1.82, 2.24) is 9.97 Å². The highest BCUT2D eigenvalue weighted by molar-refractivity contribution is 7.20. The molecule has 0 N–H and O–H groups in total. The zero-order valence-electron chi connectivity index (χ0n) is 13.3. The molecule has 0 unspecified atom stereocenters. The predicted molar refractivity (Wildman–Crippen MR) is 91.3 cm³/mol. The molecule has 0 saturated heterocycles. The van der Waals surface area contributed by atoms with E-state index in [4.69, 9.17) is 16.3 Å². The number of methoxy groups -OCH3 is 1. The van der Waals surface area contributed by atoms with Crippen LogP contribution in [-0.4, -0.2) is 36.1 Å². The molecule has 22 heavy (non-hydrogen) atoms. The van der Waals surface area contributed by atoms with E-state index in [0.29, 0.717) is 4.88 Å². The number of halogens is 1. The number of nitrogens with zero attached hydrogens (tertiary/aromatic N) is 3. The summed E-state index contributed by atoms with van der Waals surface area (Å²) in [5.74, 6) is 0.453. The fourth-order valence-corrected chi connectivity index (χ4v) is 3.68. The fourth-order valence-electron chi connectivity index (χ4n) is 2.37. The summed E-state index contributed by atoms with van der Waals surface area (Å²) in [6, 6.07) is 0. The van der Waals surface area contributed by atoms with E-state index >= 15 is 0 Å². The summed E-state index contributed by atoms with van der Waals surface area (Å²) >= 11 is 7.38. The highest BCUT2D eigenvalue weighted by Gasteiger charge is 2.22. The van der Waals surface area contributed by atoms with Crippen LogP contribution >= 0.6 is 22.9 Å². The number of carbonyl (C=O) groups is 1. The number of aromatic nitrogens is 2. The third kappa shape index (κ3) is 3.17. The second-order valence-corrected chi connectivity index (χ2v) is 6.31. The maximum atomic E-state index is 11.9. The maximum Gasteiger partial charge on any atom is 0.348 e. The summed E-state index contributed by atoms with van der Waals surface area (Å²) in [6.07, 6.45) is 2.18. The lowest BCUT2D eigenvalue weighted by Gasteiger charge is -2.22. The number of rotatable bonds is 6. The van der Waals surface area contributed by atoms with Gasteiger partial charge in [-0.15, -0.1) is 11.3 Å². The molecule has 0 aliphatic heterocycles. The normalized spacial score (nSPS) is 11.0. The van der Waals surface area contributed by atoms with Crippen molar-refractivity contribution in [2.75, 3.05) is 25.1 Å². The number of anilines is 1. The van der Waals surface area contributed by atoms with E-state index in [-0.39, 0.29) is 11.3 Å². The molecule has 2 rings (SSSR count). The average Bonchev–Trinajstić information content (AvgIpc) is 2.83. The summed E-state index contributed by atoms with van der Waals surface area (Å²) in [5.41, 5.74) is 0.855. The highest BCUT2D eigenvalue weighted by atomic mass is 35.5. The Bertz CT molecular complexity index is 687. The Hall–Kier alpha value is -1.40. The second kappa shape index (κ2) is 7.24. The van der Waals surface area contributed by atoms with Gasteiger partial charge in [-0.1, -0.05) is 13.3 Å². The Morgan fingerprint density at radius 1 is 1.36 bits per heavy atom. The van der Waals surface area contributed by atoms with Crippen LogP contribution in [0.15, 0.2) is 0 Å². The highest BCUT2D eigenvalue weighted by Crippen LogP contribution is 2.36. The number of unbranched alkanes of at least 4 members (excludes halogenated alkanes) is 1. The van der Waals surface area contributed by atoms with Gasteiger partial charge in [-0.3, -0.25) is 0 Å². The van der Waals surface area contributed by atoms with Gasteiger partial charge in [0, 0.05) is 13.1 Å². The first-order valence-electron chi connectivity index (χ1n) is 7.33. The lowest BCUT2D eigenvalue weighted by Crippen LogP contribution is -2.25. The molecule has 0 fully saturated rings. The van der Waals surface area contributed by atoms with Gasteiger partial charge in [-0.25, -0.2) is 9.78 Å². The third-order valence-electron chi connectivity index (χ3n) is 3.58. The van der Waals surface area contributed by atoms with Crippen molar-refractivity contribution in [2.24, 2.45) is 0 Å². The first kappa shape index (κ1) is 17.0. The monoisotopic (exact) mass is 341 g/mol. The van der Waals surface area contributed by atoms with E-state index in [1.54, 1.807) is 0 Å². The first-order chi connectivity index (χ1) is 10.5. The SMILES string of the molecule is CCCCN(CC)c1nc(Cl)nc2sc(C(=O)OC)c(C)c12. The largest absolute Gasteiger partial charge is 0.465 e. The Kier molecular flexibility index (Phi) is 5.58. The second-order valence-electron chi connectivity index (χ2n) is 4.98. The van der Waals surface area contributed by atoms with Gasteiger partial charge in [0.15, 0.2) is 0 Å². The number of hydrogen-bond acceptors (Lipinski definition) is 6. The minimum Gasteiger partial charge on any atom is -0.465 e. The van der Waals surface area contributed by atoms with Crippen molar-refractivity contribution in [2.45, 2.75) is 33.6 Å². The van der Waals surface area contributed by atoms with Gasteiger partial charge in [0.05, 0.1) is 12.5 Å². The molecule has 0 aliphatic rings. The molecule has 2 aromatic rings. The van der Waals surface area contributed by atoms with Gasteiger partial charge in [0.2, 0.25) is 5.28 Å². The van der Waals surface area contributed by atoms with E-state index in [9.17, 15) is 4.79 Å². The predicted octanol–water partition coefficient (Wildman–Crippen LogP) is 4.07. The molecule has 0 atom stereocenters. The summed E-state index contributed by atoms with van der Waals surface area (Å²) in [6.45, 7) is 7.87. The number of carbonyl (C=O) groups excluding carboxylic acids is 1. The number of aryl methyl sites for hydroxylation is 1. The maximum absolute atomic E-state index is 11.9. The van der Waals surface area contributed by atoms with E-state index in [2.05, 4.69) is 28.7 Å². The van der Waals surface area contributed by atoms with Gasteiger partial charge in [0.25, 0.3) is 0 Å². The molecule has 0 bridgehead atoms. The lowest BCUT2D eigenvalue weighted by atomic mass is 10.2. The van der Waals surface area contributed by atoms with E-state index in [1.807, 2.05) is 6.92 Å². The molecule has 0 aromatic carbocycles. The zero-order valence-corrected chi connectivity index (χ0v) is 14.8. The summed E-state index contributed by atoms with van der Waals surface area (Å²) in [5, 5.41) is 1.10. The van der Waals surface area contributed by atoms with Gasteiger partial charge >= 0.3 is 5.97 Å². The Morgan fingerprint density at radius 3 is 2.68 bits per heavy atom. The lowest BCUT2D eigenvalue weighted by molar-refractivity contribution is 0.0605. The van der Waals surface area contributed by atoms with Crippen LogP contribution in [0.2, 0.25) is 5.28 Å². The van der Waals surface area contributed by atoms with Crippen molar-refractivity contribution in [3.05, 3.63) is 15.7 Å². The van der Waals surface area contributed by atoms with Crippen molar-refractivity contribution in [1.29, 1.82) is 0 Å². The van der Waals surface area contributed by atoms with Gasteiger partial charge in [0.1, 0.15) is 15.5 Å². The number of hydrogen-bond donors (Lipinski definition) is 0. The molecule has 2 aromatic heterocycles. The first-order valence-corrected chi connectivity index (χ1v) is 8.52. The molecule has 2 heterocycles. The smallest absolute Gasteiger partial charge is 0.348 e. The van der Waals surface area contributed by atoms with Crippen molar-refractivity contribution in [3.8, 4) is 0 Å². The molecule has 0 radical (unpaired) electrons. The summed E-state index contributed by atoms with van der Waals surface area (Å²) in [7, 11) is 1.38. The van der Waals surface area contributed by atoms with Crippen molar-refractivity contribution >= 4 is 44.9 Å². The number of esters is 1. The Labute approximate surface area is 139 Å². The zero-order chi connectivity index (χ0) is 16.3. The fraction of sp³-hybridized carbons (Fsp3) is 0.533. The van der Waals surface area contributed by atoms with Crippen LogP contribution in [-0.2, 0) is 4.74 Å². The molecule has 7 heteroatoms. The van der Waals surface area contributed by atoms with Crippen molar-refractivity contribution in [3.63, 3.8) is 0 Å². The van der Waals surface area contributed by atoms with E-state index in [1.165, 1.54) is 18.4 Å². The Balaban J connectivity index is 2.62. The van der Waals surface area contributed by atoms with E-state index < -0.39 is 0 Å².